The Morgan fingerprint density at radius 3 is 2.39 bits per heavy atom. The number of carbonyl (C=O) groups is 1. The second-order valence-corrected chi connectivity index (χ2v) is 9.63. The van der Waals surface area contributed by atoms with Gasteiger partial charge in [-0.1, -0.05) is 45.7 Å². The number of amides is 1. The van der Waals surface area contributed by atoms with Gasteiger partial charge >= 0.3 is 0 Å². The summed E-state index contributed by atoms with van der Waals surface area (Å²) < 4.78 is 30.1. The number of carbonyl (C=O) groups excluding carboxylic acids is 1. The van der Waals surface area contributed by atoms with Crippen molar-refractivity contribution in [3.8, 4) is 0 Å². The number of rotatable bonds is 5. The smallest absolute Gasteiger partial charge is 0.282 e. The molecular weight excluding hydrogens is 484 g/mol. The van der Waals surface area contributed by atoms with Gasteiger partial charge in [-0.25, -0.2) is 0 Å². The summed E-state index contributed by atoms with van der Waals surface area (Å²) in [5.74, 6) is -0.321. The average Bonchev–Trinajstić information content (AvgIpc) is 2.92. The third-order valence-corrected chi connectivity index (χ3v) is 6.86. The molecule has 0 aromatic heterocycles. The van der Waals surface area contributed by atoms with Crippen LogP contribution in [0.2, 0.25) is 5.02 Å². The van der Waals surface area contributed by atoms with E-state index in [0.717, 1.165) is 21.8 Å². The molecule has 1 aliphatic rings. The average molecular weight is 498 g/mol. The van der Waals surface area contributed by atoms with Crippen molar-refractivity contribution in [1.82, 2.24) is 4.90 Å². The third-order valence-electron chi connectivity index (χ3n) is 3.68. The van der Waals surface area contributed by atoms with E-state index in [2.05, 4.69) is 26.9 Å². The number of nitrogens with zero attached hydrogens (tertiary/aromatic N) is 2. The first-order chi connectivity index (χ1) is 13.3. The van der Waals surface area contributed by atoms with E-state index < -0.39 is 10.0 Å². The van der Waals surface area contributed by atoms with E-state index in [4.69, 9.17) is 11.6 Å². The first kappa shape index (κ1) is 20.9. The molecular formula is C19H14BrClN2O3S2. The van der Waals surface area contributed by atoms with Crippen molar-refractivity contribution in [2.24, 2.45) is 4.40 Å². The largest absolute Gasteiger partial charge is 0.284 e. The van der Waals surface area contributed by atoms with Gasteiger partial charge in [0.2, 0.25) is 0 Å². The van der Waals surface area contributed by atoms with Crippen molar-refractivity contribution in [2.75, 3.05) is 6.54 Å². The fourth-order valence-electron chi connectivity index (χ4n) is 2.34. The Labute approximate surface area is 181 Å². The van der Waals surface area contributed by atoms with E-state index in [-0.39, 0.29) is 22.5 Å². The minimum absolute atomic E-state index is 0.00124. The molecule has 1 amide bonds. The van der Waals surface area contributed by atoms with Crippen LogP contribution in [-0.2, 0) is 14.8 Å². The van der Waals surface area contributed by atoms with Crippen LogP contribution in [0.15, 0.2) is 79.9 Å². The molecule has 0 unspecified atom stereocenters. The first-order valence-electron chi connectivity index (χ1n) is 7.98. The number of thioether (sulfide) groups is 1. The van der Waals surface area contributed by atoms with Crippen LogP contribution in [0.4, 0.5) is 0 Å². The summed E-state index contributed by atoms with van der Waals surface area (Å²) in [6.45, 7) is 3.78. The number of sulfonamides is 1. The normalized spacial score (nSPS) is 17.5. The Morgan fingerprint density at radius 2 is 1.79 bits per heavy atom. The lowest BCUT2D eigenvalue weighted by atomic mass is 10.2. The Hall–Kier alpha value is -1.87. The third kappa shape index (κ3) is 4.75. The summed E-state index contributed by atoms with van der Waals surface area (Å²) in [7, 11) is -3.99. The van der Waals surface area contributed by atoms with Crippen LogP contribution < -0.4 is 0 Å². The van der Waals surface area contributed by atoms with Gasteiger partial charge in [-0.3, -0.25) is 9.69 Å². The van der Waals surface area contributed by atoms with E-state index >= 15 is 0 Å². The lowest BCUT2D eigenvalue weighted by molar-refractivity contribution is -0.121. The monoisotopic (exact) mass is 496 g/mol. The molecule has 1 aliphatic heterocycles. The van der Waals surface area contributed by atoms with Crippen molar-refractivity contribution >= 4 is 66.5 Å². The zero-order chi connectivity index (χ0) is 20.3. The SMILES string of the molecule is C=CCN1C(=O)/C(=C/c2ccc(Br)cc2)S/C1=N/S(=O)(=O)c1ccc(Cl)cc1. The Bertz CT molecular complexity index is 1080. The molecule has 0 radical (unpaired) electrons. The molecule has 9 heteroatoms. The maximum Gasteiger partial charge on any atom is 0.284 e. The maximum atomic E-state index is 12.7. The molecule has 0 atom stereocenters. The second-order valence-electron chi connectivity index (χ2n) is 5.67. The predicted molar refractivity (Wildman–Crippen MR) is 118 cm³/mol. The van der Waals surface area contributed by atoms with E-state index in [1.54, 1.807) is 6.08 Å². The minimum atomic E-state index is -3.99. The van der Waals surface area contributed by atoms with Gasteiger partial charge in [0.25, 0.3) is 15.9 Å². The lowest BCUT2D eigenvalue weighted by Crippen LogP contribution is -2.29. The van der Waals surface area contributed by atoms with Crippen LogP contribution in [-0.4, -0.2) is 30.9 Å². The van der Waals surface area contributed by atoms with Crippen LogP contribution in [0.1, 0.15) is 5.56 Å². The summed E-state index contributed by atoms with van der Waals surface area (Å²) in [6, 6.07) is 13.1. The van der Waals surface area contributed by atoms with Gasteiger partial charge in [-0.05, 0) is 59.8 Å². The van der Waals surface area contributed by atoms with Crippen LogP contribution in [0, 0.1) is 0 Å². The topological polar surface area (TPSA) is 66.8 Å². The molecule has 28 heavy (non-hydrogen) atoms. The molecule has 3 rings (SSSR count). The van der Waals surface area contributed by atoms with Crippen molar-refractivity contribution < 1.29 is 13.2 Å². The van der Waals surface area contributed by atoms with Gasteiger partial charge in [-0.15, -0.1) is 11.0 Å². The van der Waals surface area contributed by atoms with Crippen LogP contribution in [0.25, 0.3) is 6.08 Å². The highest BCUT2D eigenvalue weighted by Crippen LogP contribution is 2.34. The molecule has 0 saturated carbocycles. The van der Waals surface area contributed by atoms with Gasteiger partial charge in [0.05, 0.1) is 9.80 Å². The molecule has 5 nitrogen and oxygen atoms in total. The van der Waals surface area contributed by atoms with Gasteiger partial charge in [0, 0.05) is 16.0 Å². The van der Waals surface area contributed by atoms with Crippen molar-refractivity contribution in [1.29, 1.82) is 0 Å². The van der Waals surface area contributed by atoms with Crippen molar-refractivity contribution in [2.45, 2.75) is 4.90 Å². The van der Waals surface area contributed by atoms with E-state index in [0.29, 0.717) is 9.93 Å². The molecule has 0 spiro atoms. The molecule has 1 heterocycles. The number of amidine groups is 1. The Morgan fingerprint density at radius 1 is 1.14 bits per heavy atom. The molecule has 1 fully saturated rings. The summed E-state index contributed by atoms with van der Waals surface area (Å²) >= 11 is 10.2. The maximum absolute atomic E-state index is 12.7. The zero-order valence-electron chi connectivity index (χ0n) is 14.4. The van der Waals surface area contributed by atoms with Gasteiger partial charge in [-0.2, -0.15) is 8.42 Å². The predicted octanol–water partition coefficient (Wildman–Crippen LogP) is 4.95. The first-order valence-corrected chi connectivity index (χ1v) is 11.4. The van der Waals surface area contributed by atoms with Crippen LogP contribution in [0.3, 0.4) is 0 Å². The quantitative estimate of drug-likeness (QED) is 0.433. The molecule has 0 aliphatic carbocycles. The van der Waals surface area contributed by atoms with Gasteiger partial charge < -0.3 is 0 Å². The fourth-order valence-corrected chi connectivity index (χ4v) is 4.92. The fraction of sp³-hybridized carbons (Fsp3) is 0.0526. The van der Waals surface area contributed by atoms with Crippen LogP contribution in [0.5, 0.6) is 0 Å². The van der Waals surface area contributed by atoms with Crippen molar-refractivity contribution in [3.63, 3.8) is 0 Å². The van der Waals surface area contributed by atoms with E-state index in [1.807, 2.05) is 24.3 Å². The van der Waals surface area contributed by atoms with Gasteiger partial charge in [0.15, 0.2) is 5.17 Å². The Kier molecular flexibility index (Phi) is 6.44. The number of hydrogen-bond acceptors (Lipinski definition) is 4. The minimum Gasteiger partial charge on any atom is -0.282 e. The second kappa shape index (κ2) is 8.65. The van der Waals surface area contributed by atoms with E-state index in [1.165, 1.54) is 35.2 Å². The Balaban J connectivity index is 1.98. The van der Waals surface area contributed by atoms with Crippen molar-refractivity contribution in [3.05, 3.63) is 81.1 Å². The summed E-state index contributed by atoms with van der Waals surface area (Å²) in [5, 5.41) is 0.508. The molecule has 1 saturated heterocycles. The lowest BCUT2D eigenvalue weighted by Gasteiger charge is -2.12. The molecule has 0 bridgehead atoms. The van der Waals surface area contributed by atoms with E-state index in [9.17, 15) is 13.2 Å². The van der Waals surface area contributed by atoms with Gasteiger partial charge in [0.1, 0.15) is 0 Å². The summed E-state index contributed by atoms with van der Waals surface area (Å²) in [6.07, 6.45) is 3.22. The highest BCUT2D eigenvalue weighted by atomic mass is 79.9. The highest BCUT2D eigenvalue weighted by Gasteiger charge is 2.34. The number of hydrogen-bond donors (Lipinski definition) is 0. The zero-order valence-corrected chi connectivity index (χ0v) is 18.4. The molecule has 0 N–H and O–H groups in total. The standard InChI is InChI=1S/C19H14BrClN2O3S2/c1-2-11-23-18(24)17(12-13-3-5-14(20)6-4-13)27-19(23)22-28(25,26)16-9-7-15(21)8-10-16/h2-10,12H,1,11H2/b17-12-,22-19+. The van der Waals surface area contributed by atoms with Crippen LogP contribution >= 0.6 is 39.3 Å². The molecule has 2 aromatic carbocycles. The molecule has 2 aromatic rings. The summed E-state index contributed by atoms with van der Waals surface area (Å²) in [5.41, 5.74) is 0.819. The number of halogens is 2. The summed E-state index contributed by atoms with van der Waals surface area (Å²) in [4.78, 5) is 14.4. The highest BCUT2D eigenvalue weighted by molar-refractivity contribution is 9.10. The number of benzene rings is 2. The molecule has 144 valence electrons.